The van der Waals surface area contributed by atoms with Gasteiger partial charge in [0.2, 0.25) is 5.78 Å². The average molecular weight is 253 g/mol. The van der Waals surface area contributed by atoms with Crippen molar-refractivity contribution in [1.82, 2.24) is 4.90 Å². The van der Waals surface area contributed by atoms with Crippen molar-refractivity contribution in [1.29, 1.82) is 0 Å². The minimum atomic E-state index is -0.451. The molecule has 0 saturated carbocycles. The second-order valence-corrected chi connectivity index (χ2v) is 5.12. The summed E-state index contributed by atoms with van der Waals surface area (Å²) in [5, 5.41) is 0. The van der Waals surface area contributed by atoms with Crippen LogP contribution in [0.3, 0.4) is 0 Å². The Balaban J connectivity index is 2.14. The van der Waals surface area contributed by atoms with E-state index in [0.29, 0.717) is 25.6 Å². The molecule has 2 aliphatic rings. The van der Waals surface area contributed by atoms with E-state index in [9.17, 15) is 4.79 Å². The quantitative estimate of drug-likeness (QED) is 0.765. The first-order chi connectivity index (χ1) is 8.68. The van der Waals surface area contributed by atoms with Gasteiger partial charge in [-0.15, -0.1) is 0 Å². The molecule has 0 aromatic carbocycles. The molecule has 0 aromatic rings. The second-order valence-electron chi connectivity index (χ2n) is 5.12. The van der Waals surface area contributed by atoms with Crippen LogP contribution in [0, 0.1) is 0 Å². The Morgan fingerprint density at radius 3 is 2.67 bits per heavy atom. The highest BCUT2D eigenvalue weighted by Crippen LogP contribution is 2.27. The van der Waals surface area contributed by atoms with Gasteiger partial charge in [0.05, 0.1) is 25.4 Å². The molecule has 1 atom stereocenters. The van der Waals surface area contributed by atoms with Gasteiger partial charge < -0.3 is 9.47 Å². The van der Waals surface area contributed by atoms with Crippen LogP contribution in [-0.4, -0.2) is 49.1 Å². The molecular weight excluding hydrogens is 230 g/mol. The minimum Gasteiger partial charge on any atom is -0.490 e. The Morgan fingerprint density at radius 2 is 2.11 bits per heavy atom. The van der Waals surface area contributed by atoms with E-state index in [1.54, 1.807) is 0 Å². The van der Waals surface area contributed by atoms with Crippen LogP contribution in [0.4, 0.5) is 0 Å². The highest BCUT2D eigenvalue weighted by Gasteiger charge is 2.40. The SMILES string of the molecule is CCC(C)(C(=O)C1=CCCCO1)N1CCOCC1. The number of hydrogen-bond donors (Lipinski definition) is 0. The Kier molecular flexibility index (Phi) is 4.40. The molecule has 4 nitrogen and oxygen atoms in total. The molecule has 2 rings (SSSR count). The van der Waals surface area contributed by atoms with E-state index >= 15 is 0 Å². The zero-order chi connectivity index (χ0) is 13.0. The van der Waals surface area contributed by atoms with E-state index in [0.717, 1.165) is 32.4 Å². The number of ether oxygens (including phenoxy) is 2. The molecule has 4 heteroatoms. The monoisotopic (exact) mass is 253 g/mol. The molecule has 0 radical (unpaired) electrons. The molecule has 0 aromatic heterocycles. The fourth-order valence-electron chi connectivity index (χ4n) is 2.57. The Hall–Kier alpha value is -0.870. The summed E-state index contributed by atoms with van der Waals surface area (Å²) in [6, 6.07) is 0. The summed E-state index contributed by atoms with van der Waals surface area (Å²) in [6.45, 7) is 7.83. The predicted octanol–water partition coefficient (Wildman–Crippen LogP) is 1.75. The second kappa shape index (κ2) is 5.85. The first-order valence-corrected chi connectivity index (χ1v) is 6.89. The zero-order valence-corrected chi connectivity index (χ0v) is 11.4. The van der Waals surface area contributed by atoms with Crippen LogP contribution in [0.2, 0.25) is 0 Å². The van der Waals surface area contributed by atoms with Gasteiger partial charge in [-0.25, -0.2) is 0 Å². The lowest BCUT2D eigenvalue weighted by atomic mass is 9.88. The van der Waals surface area contributed by atoms with Gasteiger partial charge in [-0.2, -0.15) is 0 Å². The summed E-state index contributed by atoms with van der Waals surface area (Å²) < 4.78 is 10.9. The maximum absolute atomic E-state index is 12.7. The summed E-state index contributed by atoms with van der Waals surface area (Å²) in [7, 11) is 0. The molecule has 0 N–H and O–H groups in total. The van der Waals surface area contributed by atoms with Gasteiger partial charge in [0, 0.05) is 13.1 Å². The Bertz CT molecular complexity index is 334. The van der Waals surface area contributed by atoms with Gasteiger partial charge in [-0.3, -0.25) is 9.69 Å². The maximum Gasteiger partial charge on any atom is 0.216 e. The lowest BCUT2D eigenvalue weighted by Gasteiger charge is -2.42. The number of morpholine rings is 1. The van der Waals surface area contributed by atoms with Crippen LogP contribution >= 0.6 is 0 Å². The summed E-state index contributed by atoms with van der Waals surface area (Å²) in [4.78, 5) is 14.9. The molecule has 1 unspecified atom stereocenters. The number of nitrogens with zero attached hydrogens (tertiary/aromatic N) is 1. The van der Waals surface area contributed by atoms with E-state index in [4.69, 9.17) is 9.47 Å². The first-order valence-electron chi connectivity index (χ1n) is 6.89. The Morgan fingerprint density at radius 1 is 1.39 bits per heavy atom. The van der Waals surface area contributed by atoms with Crippen molar-refractivity contribution in [2.45, 2.75) is 38.6 Å². The molecule has 18 heavy (non-hydrogen) atoms. The third-order valence-corrected chi connectivity index (χ3v) is 4.05. The van der Waals surface area contributed by atoms with E-state index < -0.39 is 5.54 Å². The number of carbonyl (C=O) groups is 1. The normalized spacial score (nSPS) is 24.9. The standard InChI is InChI=1S/C14H23NO3/c1-3-14(2,15-7-10-17-11-8-15)13(16)12-6-4-5-9-18-12/h6H,3-5,7-11H2,1-2H3. The number of hydrogen-bond acceptors (Lipinski definition) is 4. The van der Waals surface area contributed by atoms with Crippen molar-refractivity contribution in [3.8, 4) is 0 Å². The van der Waals surface area contributed by atoms with E-state index in [1.807, 2.05) is 13.0 Å². The van der Waals surface area contributed by atoms with Crippen molar-refractivity contribution in [3.63, 3.8) is 0 Å². The Labute approximate surface area is 109 Å². The first kappa shape index (κ1) is 13.6. The van der Waals surface area contributed by atoms with Crippen LogP contribution in [0.5, 0.6) is 0 Å². The molecule has 0 amide bonds. The summed E-state index contributed by atoms with van der Waals surface area (Å²) in [5.41, 5.74) is -0.451. The highest BCUT2D eigenvalue weighted by atomic mass is 16.5. The van der Waals surface area contributed by atoms with Crippen LogP contribution in [-0.2, 0) is 14.3 Å². The van der Waals surface area contributed by atoms with Crippen LogP contribution in [0.1, 0.15) is 33.1 Å². The largest absolute Gasteiger partial charge is 0.490 e. The van der Waals surface area contributed by atoms with Crippen molar-refractivity contribution in [3.05, 3.63) is 11.8 Å². The van der Waals surface area contributed by atoms with Crippen LogP contribution < -0.4 is 0 Å². The summed E-state index contributed by atoms with van der Waals surface area (Å²) >= 11 is 0. The van der Waals surface area contributed by atoms with Crippen molar-refractivity contribution < 1.29 is 14.3 Å². The predicted molar refractivity (Wildman–Crippen MR) is 69.4 cm³/mol. The number of carbonyl (C=O) groups excluding carboxylic acids is 1. The molecule has 0 spiro atoms. The number of ketones is 1. The lowest BCUT2D eigenvalue weighted by Crippen LogP contribution is -2.56. The third kappa shape index (κ3) is 2.59. The summed E-state index contributed by atoms with van der Waals surface area (Å²) in [5.74, 6) is 0.698. The summed E-state index contributed by atoms with van der Waals surface area (Å²) in [6.07, 6.45) is 4.70. The van der Waals surface area contributed by atoms with E-state index in [-0.39, 0.29) is 5.78 Å². The number of Topliss-reactive ketones (excluding diaryl/α,β-unsaturated/α-hetero) is 1. The number of rotatable bonds is 4. The van der Waals surface area contributed by atoms with Gasteiger partial charge in [0.1, 0.15) is 0 Å². The van der Waals surface area contributed by atoms with Gasteiger partial charge in [0.15, 0.2) is 5.76 Å². The lowest BCUT2D eigenvalue weighted by molar-refractivity contribution is -0.133. The molecule has 102 valence electrons. The van der Waals surface area contributed by atoms with Crippen molar-refractivity contribution in [2.24, 2.45) is 0 Å². The molecule has 0 aliphatic carbocycles. The van der Waals surface area contributed by atoms with Crippen molar-refractivity contribution >= 4 is 5.78 Å². The molecule has 1 saturated heterocycles. The van der Waals surface area contributed by atoms with Crippen LogP contribution in [0.15, 0.2) is 11.8 Å². The molecule has 0 bridgehead atoms. The highest BCUT2D eigenvalue weighted by molar-refractivity contribution is 6.00. The average Bonchev–Trinajstić information content (AvgIpc) is 2.47. The smallest absolute Gasteiger partial charge is 0.216 e. The maximum atomic E-state index is 12.7. The van der Waals surface area contributed by atoms with E-state index in [1.165, 1.54) is 0 Å². The third-order valence-electron chi connectivity index (χ3n) is 4.05. The van der Waals surface area contributed by atoms with E-state index in [2.05, 4.69) is 11.8 Å². The fraction of sp³-hybridized carbons (Fsp3) is 0.786. The van der Waals surface area contributed by atoms with Gasteiger partial charge >= 0.3 is 0 Å². The topological polar surface area (TPSA) is 38.8 Å². The minimum absolute atomic E-state index is 0.131. The van der Waals surface area contributed by atoms with Crippen LogP contribution in [0.25, 0.3) is 0 Å². The number of allylic oxidation sites excluding steroid dienone is 1. The van der Waals surface area contributed by atoms with Gasteiger partial charge in [0.25, 0.3) is 0 Å². The molecule has 2 heterocycles. The van der Waals surface area contributed by atoms with Gasteiger partial charge in [-0.05, 0) is 32.3 Å². The molecular formula is C14H23NO3. The van der Waals surface area contributed by atoms with Crippen molar-refractivity contribution in [2.75, 3.05) is 32.9 Å². The zero-order valence-electron chi connectivity index (χ0n) is 11.4. The molecule has 2 aliphatic heterocycles. The van der Waals surface area contributed by atoms with Gasteiger partial charge in [-0.1, -0.05) is 6.92 Å². The fourth-order valence-corrected chi connectivity index (χ4v) is 2.57. The molecule has 1 fully saturated rings.